The number of aryl methyl sites for hydroxylation is 2. The molecule has 15 heavy (non-hydrogen) atoms. The SMILES string of the molecule is Cc1ccc(-c2nc(C)sc2CCl)cc1. The van der Waals surface area contributed by atoms with Crippen LogP contribution >= 0.6 is 22.9 Å². The standard InChI is InChI=1S/C12H12ClNS/c1-8-3-5-10(6-4-8)12-11(7-13)15-9(2)14-12/h3-6H,7H2,1-2H3. The predicted octanol–water partition coefficient (Wildman–Crippen LogP) is 4.17. The van der Waals surface area contributed by atoms with E-state index in [-0.39, 0.29) is 0 Å². The van der Waals surface area contributed by atoms with Crippen LogP contribution in [0.4, 0.5) is 0 Å². The molecule has 0 saturated carbocycles. The van der Waals surface area contributed by atoms with Gasteiger partial charge in [-0.05, 0) is 13.8 Å². The summed E-state index contributed by atoms with van der Waals surface area (Å²) in [5, 5.41) is 1.07. The lowest BCUT2D eigenvalue weighted by Gasteiger charge is -2.00. The van der Waals surface area contributed by atoms with Crippen LogP contribution in [-0.2, 0) is 5.88 Å². The third-order valence-electron chi connectivity index (χ3n) is 2.25. The molecule has 1 heterocycles. The Kier molecular flexibility index (Phi) is 3.08. The van der Waals surface area contributed by atoms with Crippen LogP contribution in [0, 0.1) is 13.8 Å². The fraction of sp³-hybridized carbons (Fsp3) is 0.250. The summed E-state index contributed by atoms with van der Waals surface area (Å²) in [5.41, 5.74) is 3.45. The van der Waals surface area contributed by atoms with Gasteiger partial charge >= 0.3 is 0 Å². The van der Waals surface area contributed by atoms with E-state index in [2.05, 4.69) is 36.2 Å². The van der Waals surface area contributed by atoms with E-state index < -0.39 is 0 Å². The van der Waals surface area contributed by atoms with Gasteiger partial charge in [-0.15, -0.1) is 22.9 Å². The highest BCUT2D eigenvalue weighted by Gasteiger charge is 2.09. The van der Waals surface area contributed by atoms with Gasteiger partial charge in [-0.25, -0.2) is 4.98 Å². The summed E-state index contributed by atoms with van der Waals surface area (Å²) in [7, 11) is 0. The second-order valence-corrected chi connectivity index (χ2v) is 5.06. The van der Waals surface area contributed by atoms with Crippen LogP contribution in [0.5, 0.6) is 0 Å². The topological polar surface area (TPSA) is 12.9 Å². The van der Waals surface area contributed by atoms with Gasteiger partial charge in [0.1, 0.15) is 0 Å². The highest BCUT2D eigenvalue weighted by atomic mass is 35.5. The maximum Gasteiger partial charge on any atom is 0.0904 e. The van der Waals surface area contributed by atoms with Crippen molar-refractivity contribution >= 4 is 22.9 Å². The summed E-state index contributed by atoms with van der Waals surface area (Å²) in [5.74, 6) is 0.536. The van der Waals surface area contributed by atoms with E-state index >= 15 is 0 Å². The molecule has 0 saturated heterocycles. The molecule has 0 radical (unpaired) electrons. The van der Waals surface area contributed by atoms with Gasteiger partial charge in [0.15, 0.2) is 0 Å². The van der Waals surface area contributed by atoms with Crippen molar-refractivity contribution in [2.75, 3.05) is 0 Å². The van der Waals surface area contributed by atoms with Crippen LogP contribution in [0.1, 0.15) is 15.4 Å². The normalized spacial score (nSPS) is 10.6. The van der Waals surface area contributed by atoms with Gasteiger partial charge in [0.2, 0.25) is 0 Å². The monoisotopic (exact) mass is 237 g/mol. The summed E-state index contributed by atoms with van der Waals surface area (Å²) >= 11 is 7.57. The van der Waals surface area contributed by atoms with E-state index in [0.29, 0.717) is 5.88 Å². The van der Waals surface area contributed by atoms with Crippen molar-refractivity contribution in [1.29, 1.82) is 0 Å². The molecule has 0 bridgehead atoms. The second kappa shape index (κ2) is 4.33. The average molecular weight is 238 g/mol. The van der Waals surface area contributed by atoms with Gasteiger partial charge in [-0.3, -0.25) is 0 Å². The van der Waals surface area contributed by atoms with Gasteiger partial charge in [0, 0.05) is 10.4 Å². The number of rotatable bonds is 2. The number of nitrogens with zero attached hydrogens (tertiary/aromatic N) is 1. The summed E-state index contributed by atoms with van der Waals surface area (Å²) in [6, 6.07) is 8.39. The lowest BCUT2D eigenvalue weighted by molar-refractivity contribution is 1.28. The Bertz CT molecular complexity index is 459. The van der Waals surface area contributed by atoms with E-state index in [4.69, 9.17) is 11.6 Å². The molecule has 0 atom stereocenters. The Hall–Kier alpha value is -0.860. The molecule has 0 fully saturated rings. The molecule has 0 aliphatic heterocycles. The molecular formula is C12H12ClNS. The highest BCUT2D eigenvalue weighted by Crippen LogP contribution is 2.29. The van der Waals surface area contributed by atoms with Crippen molar-refractivity contribution < 1.29 is 0 Å². The summed E-state index contributed by atoms with van der Waals surface area (Å²) < 4.78 is 0. The van der Waals surface area contributed by atoms with Crippen LogP contribution in [0.25, 0.3) is 11.3 Å². The smallest absolute Gasteiger partial charge is 0.0904 e. The zero-order valence-electron chi connectivity index (χ0n) is 8.75. The second-order valence-electron chi connectivity index (χ2n) is 3.50. The van der Waals surface area contributed by atoms with Gasteiger partial charge < -0.3 is 0 Å². The summed E-state index contributed by atoms with van der Waals surface area (Å²) in [4.78, 5) is 5.67. The molecule has 0 amide bonds. The Balaban J connectivity index is 2.48. The molecule has 0 aliphatic rings. The molecule has 2 aromatic rings. The van der Waals surface area contributed by atoms with E-state index in [1.54, 1.807) is 11.3 Å². The molecule has 1 aromatic carbocycles. The van der Waals surface area contributed by atoms with E-state index in [0.717, 1.165) is 21.1 Å². The lowest BCUT2D eigenvalue weighted by atomic mass is 10.1. The minimum atomic E-state index is 0.536. The first-order valence-corrected chi connectivity index (χ1v) is 6.15. The minimum Gasteiger partial charge on any atom is -0.241 e. The zero-order valence-corrected chi connectivity index (χ0v) is 10.3. The molecule has 0 N–H and O–H groups in total. The Morgan fingerprint density at radius 1 is 1.20 bits per heavy atom. The largest absolute Gasteiger partial charge is 0.241 e. The summed E-state index contributed by atoms with van der Waals surface area (Å²) in [6.07, 6.45) is 0. The molecule has 0 unspecified atom stereocenters. The molecule has 0 aliphatic carbocycles. The minimum absolute atomic E-state index is 0.536. The van der Waals surface area contributed by atoms with Gasteiger partial charge in [0.05, 0.1) is 16.6 Å². The van der Waals surface area contributed by atoms with Crippen molar-refractivity contribution in [2.45, 2.75) is 19.7 Å². The molecular weight excluding hydrogens is 226 g/mol. The van der Waals surface area contributed by atoms with Crippen molar-refractivity contribution in [2.24, 2.45) is 0 Å². The molecule has 0 spiro atoms. The maximum atomic E-state index is 5.90. The first-order chi connectivity index (χ1) is 7.20. The number of thiazole rings is 1. The van der Waals surface area contributed by atoms with Crippen LogP contribution in [0.2, 0.25) is 0 Å². The molecule has 1 aromatic heterocycles. The number of hydrogen-bond acceptors (Lipinski definition) is 2. The molecule has 78 valence electrons. The highest BCUT2D eigenvalue weighted by molar-refractivity contribution is 7.12. The van der Waals surface area contributed by atoms with E-state index in [1.807, 2.05) is 6.92 Å². The number of aromatic nitrogens is 1. The van der Waals surface area contributed by atoms with Crippen molar-refractivity contribution in [3.05, 3.63) is 39.7 Å². The van der Waals surface area contributed by atoms with Crippen molar-refractivity contribution in [1.82, 2.24) is 4.98 Å². The molecule has 2 rings (SSSR count). The number of alkyl halides is 1. The lowest BCUT2D eigenvalue weighted by Crippen LogP contribution is -1.83. The molecule has 3 heteroatoms. The van der Waals surface area contributed by atoms with Crippen molar-refractivity contribution in [3.63, 3.8) is 0 Å². The van der Waals surface area contributed by atoms with Gasteiger partial charge in [-0.2, -0.15) is 0 Å². The fourth-order valence-electron chi connectivity index (χ4n) is 1.50. The van der Waals surface area contributed by atoms with Crippen LogP contribution < -0.4 is 0 Å². The van der Waals surface area contributed by atoms with Gasteiger partial charge in [-0.1, -0.05) is 29.8 Å². The van der Waals surface area contributed by atoms with E-state index in [1.165, 1.54) is 5.56 Å². The first kappa shape index (κ1) is 10.7. The van der Waals surface area contributed by atoms with Crippen LogP contribution in [0.15, 0.2) is 24.3 Å². The number of hydrogen-bond donors (Lipinski definition) is 0. The quantitative estimate of drug-likeness (QED) is 0.715. The van der Waals surface area contributed by atoms with Crippen LogP contribution in [-0.4, -0.2) is 4.98 Å². The number of benzene rings is 1. The van der Waals surface area contributed by atoms with Gasteiger partial charge in [0.25, 0.3) is 0 Å². The third kappa shape index (κ3) is 2.21. The Morgan fingerprint density at radius 2 is 1.87 bits per heavy atom. The average Bonchev–Trinajstić information content (AvgIpc) is 2.61. The van der Waals surface area contributed by atoms with Crippen LogP contribution in [0.3, 0.4) is 0 Å². The summed E-state index contributed by atoms with van der Waals surface area (Å²) in [6.45, 7) is 4.09. The molecule has 1 nitrogen and oxygen atoms in total. The Morgan fingerprint density at radius 3 is 2.47 bits per heavy atom. The van der Waals surface area contributed by atoms with Crippen molar-refractivity contribution in [3.8, 4) is 11.3 Å². The fourth-order valence-corrected chi connectivity index (χ4v) is 2.60. The first-order valence-electron chi connectivity index (χ1n) is 4.80. The Labute approximate surface area is 98.7 Å². The predicted molar refractivity (Wildman–Crippen MR) is 66.6 cm³/mol. The number of halogens is 1. The van der Waals surface area contributed by atoms with E-state index in [9.17, 15) is 0 Å². The maximum absolute atomic E-state index is 5.90. The third-order valence-corrected chi connectivity index (χ3v) is 3.65. The zero-order chi connectivity index (χ0) is 10.8.